The molecule has 0 radical (unpaired) electrons. The number of sulfonamides is 1. The molecular weight excluding hydrogens is 537 g/mol. The number of amides is 2. The molecule has 3 rings (SSSR count). The number of carbonyl (C=O) groups is 2. The predicted molar refractivity (Wildman–Crippen MR) is 145 cm³/mol. The van der Waals surface area contributed by atoms with Crippen LogP contribution in [-0.2, 0) is 26.2 Å². The van der Waals surface area contributed by atoms with Gasteiger partial charge in [0.2, 0.25) is 11.8 Å². The SMILES string of the molecule is CNC(=O)[C@@H](C)N(Cc1cccc(OC)c1)C(=O)CN(c1cc(Cl)cc(Cl)c1)S(=O)(=O)c1ccccc1. The van der Waals surface area contributed by atoms with Crippen molar-refractivity contribution in [3.63, 3.8) is 0 Å². The van der Waals surface area contributed by atoms with Crippen LogP contribution in [0.1, 0.15) is 12.5 Å². The van der Waals surface area contributed by atoms with Crippen molar-refractivity contribution in [1.82, 2.24) is 10.2 Å². The molecule has 0 aliphatic rings. The minimum absolute atomic E-state index is 0.0161. The van der Waals surface area contributed by atoms with E-state index in [4.69, 9.17) is 27.9 Å². The topological polar surface area (TPSA) is 96.0 Å². The lowest BCUT2D eigenvalue weighted by molar-refractivity contribution is -0.139. The zero-order chi connectivity index (χ0) is 27.2. The molecule has 8 nitrogen and oxygen atoms in total. The highest BCUT2D eigenvalue weighted by atomic mass is 35.5. The summed E-state index contributed by atoms with van der Waals surface area (Å²) in [7, 11) is -1.21. The normalized spacial score (nSPS) is 11.9. The van der Waals surface area contributed by atoms with Crippen molar-refractivity contribution in [3.8, 4) is 5.75 Å². The first-order valence-electron chi connectivity index (χ1n) is 11.2. The van der Waals surface area contributed by atoms with Crippen LogP contribution in [0.25, 0.3) is 0 Å². The first-order chi connectivity index (χ1) is 17.6. The molecule has 3 aromatic carbocycles. The van der Waals surface area contributed by atoms with Crippen molar-refractivity contribution in [1.29, 1.82) is 0 Å². The molecule has 0 aliphatic heterocycles. The Morgan fingerprint density at radius 2 is 1.62 bits per heavy atom. The van der Waals surface area contributed by atoms with Crippen LogP contribution in [0.4, 0.5) is 5.69 Å². The molecule has 0 aromatic heterocycles. The summed E-state index contributed by atoms with van der Waals surface area (Å²) >= 11 is 12.3. The van der Waals surface area contributed by atoms with Gasteiger partial charge in [-0.3, -0.25) is 13.9 Å². The number of likely N-dealkylation sites (N-methyl/N-ethyl adjacent to an activating group) is 1. The monoisotopic (exact) mass is 563 g/mol. The van der Waals surface area contributed by atoms with Crippen molar-refractivity contribution in [2.45, 2.75) is 24.4 Å². The minimum Gasteiger partial charge on any atom is -0.497 e. The van der Waals surface area contributed by atoms with E-state index < -0.39 is 34.4 Å². The van der Waals surface area contributed by atoms with Crippen molar-refractivity contribution >= 4 is 50.7 Å². The summed E-state index contributed by atoms with van der Waals surface area (Å²) in [4.78, 5) is 27.6. The standard InChI is InChI=1S/C26H27Cl2N3O5S/c1-18(26(33)29-2)30(16-19-8-7-9-23(12-19)36-3)25(32)17-31(22-14-20(27)13-21(28)15-22)37(34,35)24-10-5-4-6-11-24/h4-15,18H,16-17H2,1-3H3,(H,29,33)/t18-/m1/s1. The Morgan fingerprint density at radius 3 is 2.22 bits per heavy atom. The Kier molecular flexibility index (Phi) is 9.42. The molecule has 11 heteroatoms. The molecular formula is C26H27Cl2N3O5S. The maximum absolute atomic E-state index is 13.7. The van der Waals surface area contributed by atoms with E-state index in [-0.39, 0.29) is 27.2 Å². The number of rotatable bonds is 10. The Bertz CT molecular complexity index is 1350. The van der Waals surface area contributed by atoms with E-state index in [9.17, 15) is 18.0 Å². The van der Waals surface area contributed by atoms with E-state index in [1.54, 1.807) is 49.4 Å². The number of hydrogen-bond donors (Lipinski definition) is 1. The Balaban J connectivity index is 2.05. The number of benzene rings is 3. The molecule has 0 unspecified atom stereocenters. The second-order valence-electron chi connectivity index (χ2n) is 8.12. The van der Waals surface area contributed by atoms with Gasteiger partial charge >= 0.3 is 0 Å². The maximum atomic E-state index is 13.7. The summed E-state index contributed by atoms with van der Waals surface area (Å²) in [6, 6.07) is 18.2. The van der Waals surface area contributed by atoms with Gasteiger partial charge in [-0.05, 0) is 55.0 Å². The molecule has 196 valence electrons. The van der Waals surface area contributed by atoms with E-state index >= 15 is 0 Å². The molecule has 0 saturated heterocycles. The largest absolute Gasteiger partial charge is 0.497 e. The fourth-order valence-corrected chi connectivity index (χ4v) is 5.62. The molecule has 1 N–H and O–H groups in total. The van der Waals surface area contributed by atoms with Crippen LogP contribution < -0.4 is 14.4 Å². The number of carbonyl (C=O) groups excluding carboxylic acids is 2. The minimum atomic E-state index is -4.20. The van der Waals surface area contributed by atoms with Crippen LogP contribution in [0.2, 0.25) is 10.0 Å². The zero-order valence-corrected chi connectivity index (χ0v) is 22.8. The van der Waals surface area contributed by atoms with Gasteiger partial charge in [-0.1, -0.05) is 53.5 Å². The Hall–Kier alpha value is -3.27. The van der Waals surface area contributed by atoms with Gasteiger partial charge in [0.15, 0.2) is 0 Å². The molecule has 1 atom stereocenters. The third kappa shape index (κ3) is 6.94. The summed E-state index contributed by atoms with van der Waals surface area (Å²) in [6.07, 6.45) is 0. The summed E-state index contributed by atoms with van der Waals surface area (Å²) < 4.78 is 33.6. The Morgan fingerprint density at radius 1 is 0.973 bits per heavy atom. The van der Waals surface area contributed by atoms with Crippen LogP contribution in [0.5, 0.6) is 5.75 Å². The van der Waals surface area contributed by atoms with Crippen LogP contribution in [0.15, 0.2) is 77.7 Å². The van der Waals surface area contributed by atoms with Gasteiger partial charge in [0.05, 0.1) is 17.7 Å². The highest BCUT2D eigenvalue weighted by Gasteiger charge is 2.32. The van der Waals surface area contributed by atoms with Gasteiger partial charge < -0.3 is 15.0 Å². The average Bonchev–Trinajstić information content (AvgIpc) is 2.89. The maximum Gasteiger partial charge on any atom is 0.264 e. The van der Waals surface area contributed by atoms with Crippen molar-refractivity contribution in [2.24, 2.45) is 0 Å². The molecule has 0 spiro atoms. The second-order valence-corrected chi connectivity index (χ2v) is 10.9. The van der Waals surface area contributed by atoms with Crippen LogP contribution in [0.3, 0.4) is 0 Å². The quantitative estimate of drug-likeness (QED) is 0.395. The lowest BCUT2D eigenvalue weighted by Gasteiger charge is -2.32. The number of methoxy groups -OCH3 is 1. The van der Waals surface area contributed by atoms with Gasteiger partial charge in [0.25, 0.3) is 10.0 Å². The number of nitrogens with one attached hydrogen (secondary N) is 1. The summed E-state index contributed by atoms with van der Waals surface area (Å²) in [5.41, 5.74) is 0.815. The number of halogens is 2. The van der Waals surface area contributed by atoms with E-state index in [2.05, 4.69) is 5.32 Å². The smallest absolute Gasteiger partial charge is 0.264 e. The lowest BCUT2D eigenvalue weighted by atomic mass is 10.1. The van der Waals surface area contributed by atoms with E-state index in [0.29, 0.717) is 11.3 Å². The molecule has 2 amide bonds. The van der Waals surface area contributed by atoms with E-state index in [0.717, 1.165) is 4.31 Å². The highest BCUT2D eigenvalue weighted by Crippen LogP contribution is 2.30. The third-order valence-corrected chi connectivity index (χ3v) is 7.87. The van der Waals surface area contributed by atoms with Gasteiger partial charge in [0, 0.05) is 23.6 Å². The van der Waals surface area contributed by atoms with Gasteiger partial charge in [0.1, 0.15) is 18.3 Å². The fraction of sp³-hybridized carbons (Fsp3) is 0.231. The molecule has 0 fully saturated rings. The highest BCUT2D eigenvalue weighted by molar-refractivity contribution is 7.92. The lowest BCUT2D eigenvalue weighted by Crippen LogP contribution is -2.50. The third-order valence-electron chi connectivity index (χ3n) is 5.65. The number of anilines is 1. The van der Waals surface area contributed by atoms with Crippen molar-refractivity contribution in [3.05, 3.63) is 88.4 Å². The summed E-state index contributed by atoms with van der Waals surface area (Å²) in [6.45, 7) is 1.02. The second kappa shape index (κ2) is 12.3. The predicted octanol–water partition coefficient (Wildman–Crippen LogP) is 4.36. The number of hydrogen-bond acceptors (Lipinski definition) is 5. The molecule has 3 aromatic rings. The first kappa shape index (κ1) is 28.3. The van der Waals surface area contributed by atoms with E-state index in [1.165, 1.54) is 49.4 Å². The van der Waals surface area contributed by atoms with Gasteiger partial charge in [-0.15, -0.1) is 0 Å². The van der Waals surface area contributed by atoms with Crippen LogP contribution in [-0.4, -0.2) is 51.9 Å². The number of nitrogens with zero attached hydrogens (tertiary/aromatic N) is 2. The van der Waals surface area contributed by atoms with Gasteiger partial charge in [-0.2, -0.15) is 0 Å². The first-order valence-corrected chi connectivity index (χ1v) is 13.4. The molecule has 0 bridgehead atoms. The summed E-state index contributed by atoms with van der Waals surface area (Å²) in [5.74, 6) is -0.423. The molecule has 0 saturated carbocycles. The molecule has 0 aliphatic carbocycles. The average molecular weight is 564 g/mol. The van der Waals surface area contributed by atoms with E-state index in [1.807, 2.05) is 0 Å². The summed E-state index contributed by atoms with van der Waals surface area (Å²) in [5, 5.41) is 2.95. The molecule has 37 heavy (non-hydrogen) atoms. The molecule has 0 heterocycles. The fourth-order valence-electron chi connectivity index (χ4n) is 3.69. The number of ether oxygens (including phenoxy) is 1. The van der Waals surface area contributed by atoms with Crippen molar-refractivity contribution in [2.75, 3.05) is 25.0 Å². The van der Waals surface area contributed by atoms with Gasteiger partial charge in [-0.25, -0.2) is 8.42 Å². The zero-order valence-electron chi connectivity index (χ0n) is 20.5. The van der Waals surface area contributed by atoms with Crippen LogP contribution in [0, 0.1) is 0 Å². The van der Waals surface area contributed by atoms with Crippen LogP contribution >= 0.6 is 23.2 Å². The Labute approximate surface area is 226 Å². The van der Waals surface area contributed by atoms with Crippen molar-refractivity contribution < 1.29 is 22.7 Å².